The normalized spacial score (nSPS) is 28.4. The van der Waals surface area contributed by atoms with E-state index in [-0.39, 0.29) is 29.5 Å². The van der Waals surface area contributed by atoms with Crippen molar-refractivity contribution < 1.29 is 9.53 Å². The van der Waals surface area contributed by atoms with Gasteiger partial charge in [-0.1, -0.05) is 6.42 Å². The van der Waals surface area contributed by atoms with Crippen LogP contribution in [0.5, 0.6) is 0 Å². The van der Waals surface area contributed by atoms with E-state index >= 15 is 0 Å². The molecule has 2 atom stereocenters. The molecule has 4 rings (SSSR count). The minimum atomic E-state index is -0.199. The van der Waals surface area contributed by atoms with Gasteiger partial charge < -0.3 is 10.1 Å². The zero-order valence-corrected chi connectivity index (χ0v) is 12.5. The van der Waals surface area contributed by atoms with E-state index in [1.54, 1.807) is 6.07 Å². The van der Waals surface area contributed by atoms with E-state index in [1.165, 1.54) is 4.68 Å². The van der Waals surface area contributed by atoms with Crippen LogP contribution in [0.2, 0.25) is 0 Å². The van der Waals surface area contributed by atoms with Crippen molar-refractivity contribution in [1.29, 1.82) is 0 Å². The molecule has 1 aliphatic heterocycles. The quantitative estimate of drug-likeness (QED) is 0.900. The summed E-state index contributed by atoms with van der Waals surface area (Å²) in [7, 11) is 0. The molecule has 2 aliphatic carbocycles. The highest BCUT2D eigenvalue weighted by Crippen LogP contribution is 2.38. The highest BCUT2D eigenvalue weighted by Gasteiger charge is 2.36. The fraction of sp³-hybridized carbons (Fsp3) is 0.688. The molecule has 118 valence electrons. The molecule has 3 aliphatic rings. The van der Waals surface area contributed by atoms with E-state index in [9.17, 15) is 9.59 Å². The first-order valence-electron chi connectivity index (χ1n) is 8.20. The smallest absolute Gasteiger partial charge is 0.267 e. The van der Waals surface area contributed by atoms with Gasteiger partial charge in [-0.25, -0.2) is 4.68 Å². The average Bonchev–Trinajstić information content (AvgIpc) is 3.19. The molecule has 0 radical (unpaired) electrons. The molecule has 3 fully saturated rings. The van der Waals surface area contributed by atoms with Crippen LogP contribution >= 0.6 is 0 Å². The fourth-order valence-electron chi connectivity index (χ4n) is 3.17. The molecule has 1 amide bonds. The maximum Gasteiger partial charge on any atom is 0.267 e. The van der Waals surface area contributed by atoms with Gasteiger partial charge in [0, 0.05) is 17.9 Å². The molecule has 2 heterocycles. The third-order valence-electron chi connectivity index (χ3n) is 5.01. The third-order valence-corrected chi connectivity index (χ3v) is 5.01. The van der Waals surface area contributed by atoms with Gasteiger partial charge in [-0.15, -0.1) is 0 Å². The van der Waals surface area contributed by atoms with Gasteiger partial charge in [0.2, 0.25) is 5.91 Å². The van der Waals surface area contributed by atoms with Crippen LogP contribution in [0, 0.1) is 5.92 Å². The first kappa shape index (κ1) is 13.9. The molecule has 1 N–H and O–H groups in total. The Labute approximate surface area is 128 Å². The highest BCUT2D eigenvalue weighted by molar-refractivity contribution is 5.79. The molecule has 0 aromatic carbocycles. The molecule has 1 saturated heterocycles. The van der Waals surface area contributed by atoms with Crippen molar-refractivity contribution in [2.75, 3.05) is 13.2 Å². The summed E-state index contributed by atoms with van der Waals surface area (Å²) in [5.41, 5.74) is 0.860. The van der Waals surface area contributed by atoms with Crippen molar-refractivity contribution in [2.24, 2.45) is 5.92 Å². The number of rotatable bonds is 4. The van der Waals surface area contributed by atoms with Crippen molar-refractivity contribution in [2.45, 2.75) is 50.1 Å². The second kappa shape index (κ2) is 5.50. The summed E-state index contributed by atoms with van der Waals surface area (Å²) in [6.45, 7) is 0.877. The van der Waals surface area contributed by atoms with Crippen LogP contribution in [0.3, 0.4) is 0 Å². The molecule has 0 bridgehead atoms. The summed E-state index contributed by atoms with van der Waals surface area (Å²) >= 11 is 0. The molecule has 22 heavy (non-hydrogen) atoms. The van der Waals surface area contributed by atoms with Gasteiger partial charge in [-0.2, -0.15) is 5.10 Å². The number of carbonyl (C=O) groups is 1. The van der Waals surface area contributed by atoms with E-state index in [2.05, 4.69) is 10.4 Å². The van der Waals surface area contributed by atoms with E-state index < -0.39 is 0 Å². The first-order valence-corrected chi connectivity index (χ1v) is 8.20. The zero-order chi connectivity index (χ0) is 15.1. The summed E-state index contributed by atoms with van der Waals surface area (Å²) in [5.74, 6) is 0.735. The van der Waals surface area contributed by atoms with Crippen LogP contribution in [0.4, 0.5) is 0 Å². The van der Waals surface area contributed by atoms with Gasteiger partial charge in [-0.05, 0) is 31.7 Å². The van der Waals surface area contributed by atoms with E-state index in [0.717, 1.165) is 37.8 Å². The van der Waals surface area contributed by atoms with Crippen molar-refractivity contribution in [3.63, 3.8) is 0 Å². The van der Waals surface area contributed by atoms with Crippen LogP contribution in [0.15, 0.2) is 16.9 Å². The van der Waals surface area contributed by atoms with Crippen LogP contribution in [-0.4, -0.2) is 34.9 Å². The van der Waals surface area contributed by atoms with Crippen LogP contribution in [0.1, 0.15) is 49.8 Å². The molecule has 1 aromatic rings. The first-order chi connectivity index (χ1) is 10.7. The highest BCUT2D eigenvalue weighted by atomic mass is 16.5. The van der Waals surface area contributed by atoms with E-state index in [1.807, 2.05) is 6.07 Å². The van der Waals surface area contributed by atoms with Crippen LogP contribution < -0.4 is 10.9 Å². The third kappa shape index (κ3) is 2.56. The lowest BCUT2D eigenvalue weighted by molar-refractivity contribution is -0.128. The molecule has 0 spiro atoms. The Morgan fingerprint density at radius 3 is 2.73 bits per heavy atom. The van der Waals surface area contributed by atoms with Crippen LogP contribution in [-0.2, 0) is 9.53 Å². The number of nitrogens with one attached hydrogen (secondary N) is 1. The lowest BCUT2D eigenvalue weighted by Gasteiger charge is -2.27. The van der Waals surface area contributed by atoms with Crippen molar-refractivity contribution in [3.05, 3.63) is 28.2 Å². The summed E-state index contributed by atoms with van der Waals surface area (Å²) < 4.78 is 7.03. The molecule has 6 nitrogen and oxygen atoms in total. The Morgan fingerprint density at radius 1 is 1.23 bits per heavy atom. The zero-order valence-electron chi connectivity index (χ0n) is 12.5. The lowest BCUT2D eigenvalue weighted by atomic mass is 9.84. The van der Waals surface area contributed by atoms with E-state index in [4.69, 9.17) is 4.74 Å². The maximum absolute atomic E-state index is 12.2. The molecular weight excluding hydrogens is 282 g/mol. The SMILES string of the molecule is O=C(NC1COCC1n1nc(C2CC2)ccc1=O)C1CCC1. The van der Waals surface area contributed by atoms with E-state index in [0.29, 0.717) is 19.1 Å². The summed E-state index contributed by atoms with van der Waals surface area (Å²) in [5, 5.41) is 7.58. The Morgan fingerprint density at radius 2 is 2.05 bits per heavy atom. The maximum atomic E-state index is 12.2. The lowest BCUT2D eigenvalue weighted by Crippen LogP contribution is -2.47. The van der Waals surface area contributed by atoms with Crippen molar-refractivity contribution in [1.82, 2.24) is 15.1 Å². The van der Waals surface area contributed by atoms with Gasteiger partial charge >= 0.3 is 0 Å². The molecular formula is C16H21N3O3. The predicted molar refractivity (Wildman–Crippen MR) is 79.6 cm³/mol. The predicted octanol–water partition coefficient (Wildman–Crippen LogP) is 0.977. The number of hydrogen-bond acceptors (Lipinski definition) is 4. The van der Waals surface area contributed by atoms with Gasteiger partial charge in [0.25, 0.3) is 5.56 Å². The number of aromatic nitrogens is 2. The Hall–Kier alpha value is -1.69. The molecule has 1 aromatic heterocycles. The second-order valence-electron chi connectivity index (χ2n) is 6.66. The standard InChI is InChI=1S/C16H21N3O3/c20-15-7-6-12(10-4-5-10)18-19(15)14-9-22-8-13(14)17-16(21)11-2-1-3-11/h6-7,10-11,13-14H,1-5,8-9H2,(H,17,21). The number of amides is 1. The second-order valence-corrected chi connectivity index (χ2v) is 6.66. The summed E-state index contributed by atoms with van der Waals surface area (Å²) in [6, 6.07) is 3.06. The van der Waals surface area contributed by atoms with Crippen molar-refractivity contribution >= 4 is 5.91 Å². The summed E-state index contributed by atoms with van der Waals surface area (Å²) in [4.78, 5) is 24.3. The van der Waals surface area contributed by atoms with Crippen molar-refractivity contribution in [3.8, 4) is 0 Å². The fourth-order valence-corrected chi connectivity index (χ4v) is 3.17. The van der Waals surface area contributed by atoms with Gasteiger partial charge in [0.1, 0.15) is 6.04 Å². The molecule has 2 saturated carbocycles. The Kier molecular flexibility index (Phi) is 3.48. The number of hydrogen-bond donors (Lipinski definition) is 1. The largest absolute Gasteiger partial charge is 0.377 e. The van der Waals surface area contributed by atoms with Gasteiger partial charge in [0.15, 0.2) is 0 Å². The number of ether oxygens (including phenoxy) is 1. The average molecular weight is 303 g/mol. The van der Waals surface area contributed by atoms with Gasteiger partial charge in [0.05, 0.1) is 24.9 Å². The minimum Gasteiger partial charge on any atom is -0.377 e. The number of nitrogens with zero attached hydrogens (tertiary/aromatic N) is 2. The van der Waals surface area contributed by atoms with Crippen LogP contribution in [0.25, 0.3) is 0 Å². The van der Waals surface area contributed by atoms with Gasteiger partial charge in [-0.3, -0.25) is 9.59 Å². The number of carbonyl (C=O) groups excluding carboxylic acids is 1. The Balaban J connectivity index is 1.53. The monoisotopic (exact) mass is 303 g/mol. The molecule has 6 heteroatoms. The molecule has 2 unspecified atom stereocenters. The minimum absolute atomic E-state index is 0.0955. The summed E-state index contributed by atoms with van der Waals surface area (Å²) in [6.07, 6.45) is 5.37. The topological polar surface area (TPSA) is 73.2 Å². The Bertz CT molecular complexity index is 634.